The molecule has 12 nitrogen and oxygen atoms in total. The van der Waals surface area contributed by atoms with Gasteiger partial charge in [0.15, 0.2) is 0 Å². The first-order valence-electron chi connectivity index (χ1n) is 12.0. The third-order valence-electron chi connectivity index (χ3n) is 4.78. The Morgan fingerprint density at radius 1 is 1.05 bits per heavy atom. The predicted octanol–water partition coefficient (Wildman–Crippen LogP) is 4.79. The van der Waals surface area contributed by atoms with E-state index >= 15 is 0 Å². The number of unbranched alkanes of at least 4 members (excludes halogenated alkanes) is 2. The van der Waals surface area contributed by atoms with Gasteiger partial charge in [-0.1, -0.05) is 25.5 Å². The van der Waals surface area contributed by atoms with Crippen molar-refractivity contribution in [1.82, 2.24) is 14.7 Å². The van der Waals surface area contributed by atoms with E-state index in [-0.39, 0.29) is 17.4 Å². The van der Waals surface area contributed by atoms with Crippen molar-refractivity contribution in [3.63, 3.8) is 0 Å². The van der Waals surface area contributed by atoms with Crippen LogP contribution < -0.4 is 14.8 Å². The van der Waals surface area contributed by atoms with Gasteiger partial charge in [-0.15, -0.1) is 11.4 Å². The maximum atomic E-state index is 12.7. The average molecular weight is 621 g/mol. The fraction of sp³-hybridized carbons (Fsp3) is 0.478. The molecule has 216 valence electrons. The minimum atomic E-state index is -4.40. The summed E-state index contributed by atoms with van der Waals surface area (Å²) in [6, 6.07) is 5.87. The SMILES string of the molecule is CCCCOCCCCOSPSCc1cc(OC)nc(NC(=O)NS(=O)(=O)c2ccccc2C(=O)OC)n1. The lowest BCUT2D eigenvalue weighted by Crippen LogP contribution is -2.35. The number of benzene rings is 1. The number of nitrogens with zero attached hydrogens (tertiary/aromatic N) is 2. The van der Waals surface area contributed by atoms with Gasteiger partial charge in [-0.2, -0.15) is 4.98 Å². The average Bonchev–Trinajstić information content (AvgIpc) is 2.92. The zero-order chi connectivity index (χ0) is 28.5. The highest BCUT2D eigenvalue weighted by Gasteiger charge is 2.25. The Bertz CT molecular complexity index is 1170. The van der Waals surface area contributed by atoms with Gasteiger partial charge in [-0.3, -0.25) is 5.32 Å². The van der Waals surface area contributed by atoms with Crippen LogP contribution in [-0.2, 0) is 29.4 Å². The molecule has 2 rings (SSSR count). The van der Waals surface area contributed by atoms with Crippen molar-refractivity contribution in [2.24, 2.45) is 0 Å². The van der Waals surface area contributed by atoms with Crippen LogP contribution in [0.4, 0.5) is 10.7 Å². The lowest BCUT2D eigenvalue weighted by atomic mass is 10.2. The molecule has 0 aliphatic heterocycles. The molecule has 1 heterocycles. The summed E-state index contributed by atoms with van der Waals surface area (Å²) in [5.41, 5.74) is 0.356. The van der Waals surface area contributed by atoms with Gasteiger partial charge in [-0.05, 0) is 31.4 Å². The molecule has 1 unspecified atom stereocenters. The molecule has 0 saturated carbocycles. The van der Waals surface area contributed by atoms with E-state index in [4.69, 9.17) is 13.7 Å². The van der Waals surface area contributed by atoms with Crippen molar-refractivity contribution in [2.45, 2.75) is 43.3 Å². The lowest BCUT2D eigenvalue weighted by Gasteiger charge is -2.11. The summed E-state index contributed by atoms with van der Waals surface area (Å²) in [5, 5.41) is 2.30. The van der Waals surface area contributed by atoms with Gasteiger partial charge < -0.3 is 18.4 Å². The molecular weight excluding hydrogens is 587 g/mol. The van der Waals surface area contributed by atoms with Gasteiger partial charge in [0.05, 0.1) is 32.1 Å². The first-order valence-corrected chi connectivity index (χ1v) is 17.6. The number of hydrogen-bond acceptors (Lipinski definition) is 12. The van der Waals surface area contributed by atoms with Crippen LogP contribution >= 0.6 is 30.0 Å². The van der Waals surface area contributed by atoms with Crippen molar-refractivity contribution < 1.29 is 36.4 Å². The third-order valence-corrected chi connectivity index (χ3v) is 10.1. The standard InChI is InChI=1S/C23H33N4O8PS3/c1-4-5-12-34-13-8-9-14-35-38-36-37-16-17-15-20(32-2)25-22(24-17)26-23(29)27-39(30,31)19-11-7-6-10-18(19)21(28)33-3/h6-7,10-11,15,36H,4-5,8-9,12-14,16H2,1-3H3,(H2,24,25,26,27,29). The highest BCUT2D eigenvalue weighted by Crippen LogP contribution is 2.44. The second-order valence-electron chi connectivity index (χ2n) is 7.72. The lowest BCUT2D eigenvalue weighted by molar-refractivity contribution is 0.0596. The van der Waals surface area contributed by atoms with Crippen LogP contribution in [-0.4, -0.2) is 64.4 Å². The minimum Gasteiger partial charge on any atom is -0.481 e. The van der Waals surface area contributed by atoms with Gasteiger partial charge >= 0.3 is 12.0 Å². The van der Waals surface area contributed by atoms with Crippen molar-refractivity contribution in [1.29, 1.82) is 0 Å². The van der Waals surface area contributed by atoms with Crippen molar-refractivity contribution >= 4 is 58.0 Å². The summed E-state index contributed by atoms with van der Waals surface area (Å²) in [7, 11) is -1.86. The molecule has 1 atom stereocenters. The van der Waals surface area contributed by atoms with E-state index in [1.54, 1.807) is 17.4 Å². The number of urea groups is 1. The quantitative estimate of drug-likeness (QED) is 0.102. The summed E-state index contributed by atoms with van der Waals surface area (Å²) >= 11 is 2.95. The Hall–Kier alpha value is -2.16. The zero-order valence-corrected chi connectivity index (χ0v) is 25.4. The monoisotopic (exact) mass is 620 g/mol. The number of sulfonamides is 1. The van der Waals surface area contributed by atoms with Gasteiger partial charge in [0.2, 0.25) is 11.8 Å². The second kappa shape index (κ2) is 18.2. The number of anilines is 1. The van der Waals surface area contributed by atoms with E-state index in [2.05, 4.69) is 26.9 Å². The third kappa shape index (κ3) is 12.3. The summed E-state index contributed by atoms with van der Waals surface area (Å²) in [6.07, 6.45) is 4.11. The summed E-state index contributed by atoms with van der Waals surface area (Å²) in [6.45, 7) is 4.74. The molecule has 0 aliphatic rings. The molecule has 0 spiro atoms. The van der Waals surface area contributed by atoms with E-state index in [9.17, 15) is 18.0 Å². The molecule has 0 bridgehead atoms. The smallest absolute Gasteiger partial charge is 0.339 e. The van der Waals surface area contributed by atoms with Crippen molar-refractivity contribution in [2.75, 3.05) is 39.4 Å². The number of nitrogens with one attached hydrogen (secondary N) is 2. The zero-order valence-electron chi connectivity index (χ0n) is 21.9. The predicted molar refractivity (Wildman–Crippen MR) is 154 cm³/mol. The Morgan fingerprint density at radius 2 is 1.79 bits per heavy atom. The van der Waals surface area contributed by atoms with Gasteiger partial charge in [0.1, 0.15) is 4.90 Å². The number of carbonyl (C=O) groups is 2. The van der Waals surface area contributed by atoms with Crippen LogP contribution in [0.25, 0.3) is 0 Å². The van der Waals surface area contributed by atoms with Crippen LogP contribution in [0.15, 0.2) is 35.2 Å². The van der Waals surface area contributed by atoms with Crippen LogP contribution in [0.1, 0.15) is 48.7 Å². The molecule has 2 N–H and O–H groups in total. The highest BCUT2D eigenvalue weighted by molar-refractivity contribution is 8.80. The summed E-state index contributed by atoms with van der Waals surface area (Å²) < 4.78 is 48.2. The number of carbonyl (C=O) groups excluding carboxylic acids is 2. The number of methoxy groups -OCH3 is 2. The van der Waals surface area contributed by atoms with Gasteiger partial charge in [0.25, 0.3) is 10.0 Å². The largest absolute Gasteiger partial charge is 0.481 e. The van der Waals surface area contributed by atoms with E-state index in [0.717, 1.165) is 46.0 Å². The summed E-state index contributed by atoms with van der Waals surface area (Å²) in [5.74, 6) is -0.318. The fourth-order valence-corrected chi connectivity index (χ4v) is 7.21. The molecule has 1 aromatic heterocycles. The number of rotatable bonds is 18. The molecule has 0 radical (unpaired) electrons. The maximum Gasteiger partial charge on any atom is 0.339 e. The Labute approximate surface area is 238 Å². The molecular formula is C23H33N4O8PS3. The maximum absolute atomic E-state index is 12.7. The normalized spacial score (nSPS) is 11.5. The number of ether oxygens (including phenoxy) is 3. The van der Waals surface area contributed by atoms with E-state index in [1.807, 2.05) is 4.72 Å². The van der Waals surface area contributed by atoms with Crippen molar-refractivity contribution in [3.8, 4) is 5.88 Å². The van der Waals surface area contributed by atoms with Crippen LogP contribution in [0.3, 0.4) is 0 Å². The molecule has 0 saturated heterocycles. The number of esters is 1. The topological polar surface area (TPSA) is 155 Å². The summed E-state index contributed by atoms with van der Waals surface area (Å²) in [4.78, 5) is 32.3. The molecule has 2 aromatic rings. The number of aromatic nitrogens is 2. The first kappa shape index (κ1) is 33.0. The van der Waals surface area contributed by atoms with E-state index in [0.29, 0.717) is 25.0 Å². The van der Waals surface area contributed by atoms with Crippen LogP contribution in [0.2, 0.25) is 0 Å². The Balaban J connectivity index is 1.84. The number of hydrogen-bond donors (Lipinski definition) is 2. The molecule has 0 fully saturated rings. The second-order valence-corrected chi connectivity index (χ2v) is 13.9. The Morgan fingerprint density at radius 3 is 2.54 bits per heavy atom. The van der Waals surface area contributed by atoms with Gasteiger partial charge in [0, 0.05) is 43.7 Å². The van der Waals surface area contributed by atoms with Crippen LogP contribution in [0.5, 0.6) is 5.88 Å². The first-order chi connectivity index (χ1) is 18.8. The van der Waals surface area contributed by atoms with Gasteiger partial charge in [-0.25, -0.2) is 27.7 Å². The fourth-order valence-electron chi connectivity index (χ4n) is 2.90. The van der Waals surface area contributed by atoms with Crippen molar-refractivity contribution in [3.05, 3.63) is 41.6 Å². The molecule has 0 aliphatic carbocycles. The Kier molecular flexibility index (Phi) is 15.5. The highest BCUT2D eigenvalue weighted by atomic mass is 33.1. The van der Waals surface area contributed by atoms with E-state index in [1.165, 1.54) is 43.0 Å². The number of amides is 2. The molecule has 16 heteroatoms. The molecule has 1 aromatic carbocycles. The minimum absolute atomic E-state index is 0.146. The van der Waals surface area contributed by atoms with Crippen LogP contribution in [0, 0.1) is 0 Å². The molecule has 2 amide bonds. The van der Waals surface area contributed by atoms with E-state index < -0.39 is 26.9 Å². The molecule has 39 heavy (non-hydrogen) atoms.